The molecule has 0 bridgehead atoms. The third kappa shape index (κ3) is 5.08. The third-order valence-corrected chi connectivity index (χ3v) is 5.43. The van der Waals surface area contributed by atoms with E-state index in [0.717, 1.165) is 38.1 Å². The number of fused-ring (bicyclic) bond motifs is 1. The molecular formula is C24H22O13. The largest absolute Gasteiger partial charge is 0.508 e. The van der Waals surface area contributed by atoms with Crippen LogP contribution < -0.4 is 10.2 Å². The molecule has 0 radical (unpaired) electrons. The maximum atomic E-state index is 13.4. The van der Waals surface area contributed by atoms with Crippen LogP contribution in [0.1, 0.15) is 13.8 Å². The zero-order chi connectivity index (χ0) is 27.0. The van der Waals surface area contributed by atoms with Gasteiger partial charge in [0, 0.05) is 31.5 Å². The van der Waals surface area contributed by atoms with Gasteiger partial charge in [0.15, 0.2) is 29.5 Å². The molecule has 0 amide bonds. The summed E-state index contributed by atoms with van der Waals surface area (Å²) in [6, 6.07) is 5.43. The number of ether oxygens (including phenoxy) is 4. The molecule has 0 unspecified atom stereocenters. The molecule has 4 atom stereocenters. The van der Waals surface area contributed by atoms with Gasteiger partial charge in [-0.15, -0.1) is 0 Å². The molecule has 1 aliphatic rings. The Morgan fingerprint density at radius 2 is 1.70 bits per heavy atom. The van der Waals surface area contributed by atoms with Gasteiger partial charge in [0.25, 0.3) is 0 Å². The third-order valence-electron chi connectivity index (χ3n) is 5.43. The molecule has 2 heterocycles. The van der Waals surface area contributed by atoms with Gasteiger partial charge in [0.1, 0.15) is 35.2 Å². The van der Waals surface area contributed by atoms with Crippen LogP contribution >= 0.6 is 0 Å². The van der Waals surface area contributed by atoms with Crippen LogP contribution in [0.25, 0.3) is 22.3 Å². The topological polar surface area (TPSA) is 202 Å². The van der Waals surface area contributed by atoms with Crippen molar-refractivity contribution in [3.63, 3.8) is 0 Å². The Morgan fingerprint density at radius 3 is 2.35 bits per heavy atom. The van der Waals surface area contributed by atoms with E-state index in [1.807, 2.05) is 0 Å². The van der Waals surface area contributed by atoms with Crippen molar-refractivity contribution in [3.8, 4) is 40.1 Å². The normalized spacial score (nSPS) is 21.1. The van der Waals surface area contributed by atoms with Crippen LogP contribution in [0.4, 0.5) is 0 Å². The van der Waals surface area contributed by atoms with Gasteiger partial charge in [-0.05, 0) is 18.2 Å². The van der Waals surface area contributed by atoms with E-state index in [1.54, 1.807) is 0 Å². The summed E-state index contributed by atoms with van der Waals surface area (Å²) in [5.74, 6) is -4.39. The van der Waals surface area contributed by atoms with Gasteiger partial charge in [-0.2, -0.15) is 0 Å². The quantitative estimate of drug-likeness (QED) is 0.231. The lowest BCUT2D eigenvalue weighted by molar-refractivity contribution is -0.158. The molecule has 3 aromatic rings. The van der Waals surface area contributed by atoms with Crippen molar-refractivity contribution in [2.75, 3.05) is 6.61 Å². The fourth-order valence-corrected chi connectivity index (χ4v) is 3.82. The summed E-state index contributed by atoms with van der Waals surface area (Å²) in [6.07, 6.45) is -5.80. The second-order valence-corrected chi connectivity index (χ2v) is 8.16. The molecule has 2 aromatic carbocycles. The van der Waals surface area contributed by atoms with Gasteiger partial charge >= 0.3 is 11.9 Å². The van der Waals surface area contributed by atoms with Crippen molar-refractivity contribution in [2.24, 2.45) is 0 Å². The van der Waals surface area contributed by atoms with E-state index in [1.165, 1.54) is 6.07 Å². The van der Waals surface area contributed by atoms with Crippen molar-refractivity contribution in [3.05, 3.63) is 40.6 Å². The minimum atomic E-state index is -1.66. The van der Waals surface area contributed by atoms with E-state index >= 15 is 0 Å². The first-order valence-electron chi connectivity index (χ1n) is 10.8. The first-order valence-corrected chi connectivity index (χ1v) is 10.8. The van der Waals surface area contributed by atoms with Gasteiger partial charge in [0.2, 0.25) is 17.5 Å². The molecule has 0 spiro atoms. The SMILES string of the molecule is CC(=O)OC[C@@H]1O[C@H](Oc2c(-c3ccc(O)c(O)c3)oc3cc(O)cc(O)c3c2=O)[C@@H](O)[C@@H]1OC(C)=O. The van der Waals surface area contributed by atoms with Crippen LogP contribution in [0.2, 0.25) is 0 Å². The first kappa shape index (κ1) is 25.6. The lowest BCUT2D eigenvalue weighted by Crippen LogP contribution is -2.40. The number of esters is 2. The summed E-state index contributed by atoms with van der Waals surface area (Å²) in [5, 5.41) is 50.2. The predicted octanol–water partition coefficient (Wildman–Crippen LogP) is 1.24. The number of carbonyl (C=O) groups is 2. The first-order chi connectivity index (χ1) is 17.5. The molecule has 1 fully saturated rings. The van der Waals surface area contributed by atoms with Gasteiger partial charge in [0.05, 0.1) is 0 Å². The van der Waals surface area contributed by atoms with E-state index in [2.05, 4.69) is 0 Å². The van der Waals surface area contributed by atoms with Crippen LogP contribution in [0.15, 0.2) is 39.5 Å². The molecular weight excluding hydrogens is 496 g/mol. The Kier molecular flexibility index (Phi) is 6.83. The van der Waals surface area contributed by atoms with Crippen molar-refractivity contribution in [2.45, 2.75) is 38.4 Å². The number of hydrogen-bond acceptors (Lipinski definition) is 13. The van der Waals surface area contributed by atoms with E-state index in [0.29, 0.717) is 0 Å². The average molecular weight is 518 g/mol. The molecule has 1 aromatic heterocycles. The predicted molar refractivity (Wildman–Crippen MR) is 122 cm³/mol. The minimum absolute atomic E-state index is 0.0348. The monoisotopic (exact) mass is 518 g/mol. The number of aliphatic hydroxyl groups is 1. The van der Waals surface area contributed by atoms with E-state index < -0.39 is 77.3 Å². The number of aliphatic hydroxyl groups excluding tert-OH is 1. The molecule has 37 heavy (non-hydrogen) atoms. The molecule has 196 valence electrons. The molecule has 1 aliphatic heterocycles. The fourth-order valence-electron chi connectivity index (χ4n) is 3.82. The summed E-state index contributed by atoms with van der Waals surface area (Å²) >= 11 is 0. The minimum Gasteiger partial charge on any atom is -0.508 e. The molecule has 0 aliphatic carbocycles. The van der Waals surface area contributed by atoms with Crippen molar-refractivity contribution in [1.82, 2.24) is 0 Å². The Hall–Kier alpha value is -4.49. The Labute approximate surface area is 207 Å². The highest BCUT2D eigenvalue weighted by atomic mass is 16.7. The number of phenols is 4. The Morgan fingerprint density at radius 1 is 0.973 bits per heavy atom. The van der Waals surface area contributed by atoms with Gasteiger partial charge in [-0.3, -0.25) is 14.4 Å². The highest BCUT2D eigenvalue weighted by molar-refractivity contribution is 5.88. The number of hydrogen-bond donors (Lipinski definition) is 5. The summed E-state index contributed by atoms with van der Waals surface area (Å²) in [7, 11) is 0. The molecule has 13 heteroatoms. The smallest absolute Gasteiger partial charge is 0.303 e. The zero-order valence-electron chi connectivity index (χ0n) is 19.4. The van der Waals surface area contributed by atoms with Crippen LogP contribution in [0.3, 0.4) is 0 Å². The maximum absolute atomic E-state index is 13.4. The molecule has 1 saturated heterocycles. The molecule has 0 saturated carbocycles. The van der Waals surface area contributed by atoms with E-state index in [9.17, 15) is 39.9 Å². The standard InChI is InChI=1S/C24H22O13/c1-9(25)33-8-17-22(34-10(2)26)20(32)24(36-17)37-23-19(31)18-15(30)6-12(27)7-16(18)35-21(23)11-3-4-13(28)14(29)5-11/h3-7,17,20,22,24,27-30,32H,8H2,1-2H3/t17-,20-,22+,24+/m0/s1. The molecule has 13 nitrogen and oxygen atoms in total. The van der Waals surface area contributed by atoms with Crippen LogP contribution in [0.5, 0.6) is 28.7 Å². The second-order valence-electron chi connectivity index (χ2n) is 8.16. The average Bonchev–Trinajstić information content (AvgIpc) is 3.09. The van der Waals surface area contributed by atoms with Gasteiger partial charge in [-0.1, -0.05) is 0 Å². The zero-order valence-corrected chi connectivity index (χ0v) is 19.4. The van der Waals surface area contributed by atoms with Crippen molar-refractivity contribution < 1.29 is 58.5 Å². The highest BCUT2D eigenvalue weighted by Gasteiger charge is 2.48. The van der Waals surface area contributed by atoms with Crippen molar-refractivity contribution >= 4 is 22.9 Å². The Bertz CT molecular complexity index is 1430. The summed E-state index contributed by atoms with van der Waals surface area (Å²) in [6.45, 7) is 1.83. The summed E-state index contributed by atoms with van der Waals surface area (Å²) < 4.78 is 27.0. The number of benzene rings is 2. The highest BCUT2D eigenvalue weighted by Crippen LogP contribution is 2.39. The number of phenolic OH excluding ortho intramolecular Hbond substituents is 4. The lowest BCUT2D eigenvalue weighted by Gasteiger charge is -2.20. The number of rotatable bonds is 6. The fraction of sp³-hybridized carbons (Fsp3) is 0.292. The lowest BCUT2D eigenvalue weighted by atomic mass is 10.1. The summed E-state index contributed by atoms with van der Waals surface area (Å²) in [5.41, 5.74) is -1.15. The van der Waals surface area contributed by atoms with Gasteiger partial charge < -0.3 is 48.9 Å². The maximum Gasteiger partial charge on any atom is 0.303 e. The van der Waals surface area contributed by atoms with Crippen LogP contribution in [-0.2, 0) is 23.8 Å². The molecule has 5 N–H and O–H groups in total. The Balaban J connectivity index is 1.82. The number of carbonyl (C=O) groups excluding carboxylic acids is 2. The van der Waals surface area contributed by atoms with Crippen LogP contribution in [0, 0.1) is 0 Å². The second kappa shape index (κ2) is 9.87. The van der Waals surface area contributed by atoms with Crippen LogP contribution in [-0.4, -0.2) is 68.7 Å². The van der Waals surface area contributed by atoms with Crippen molar-refractivity contribution in [1.29, 1.82) is 0 Å². The van der Waals surface area contributed by atoms with E-state index in [-0.39, 0.29) is 22.3 Å². The number of aromatic hydroxyl groups is 4. The molecule has 4 rings (SSSR count). The van der Waals surface area contributed by atoms with Gasteiger partial charge in [-0.25, -0.2) is 0 Å². The summed E-state index contributed by atoms with van der Waals surface area (Å²) in [4.78, 5) is 36.2. The van der Waals surface area contributed by atoms with E-state index in [4.69, 9.17) is 23.4 Å².